The van der Waals surface area contributed by atoms with E-state index in [4.69, 9.17) is 5.90 Å². The van der Waals surface area contributed by atoms with Crippen LogP contribution in [0.4, 0.5) is 0 Å². The molecule has 0 aliphatic rings. The van der Waals surface area contributed by atoms with Crippen LogP contribution in [0, 0.1) is 0 Å². The van der Waals surface area contributed by atoms with Crippen molar-refractivity contribution in [2.75, 3.05) is 0 Å². The van der Waals surface area contributed by atoms with Gasteiger partial charge in [-0.2, -0.15) is 0 Å². The van der Waals surface area contributed by atoms with Crippen LogP contribution < -0.4 is 5.90 Å². The van der Waals surface area contributed by atoms with Crippen molar-refractivity contribution in [1.82, 2.24) is 4.98 Å². The van der Waals surface area contributed by atoms with Crippen LogP contribution in [0.2, 0.25) is 0 Å². The third-order valence-electron chi connectivity index (χ3n) is 1.08. The normalized spacial score (nSPS) is 9.80. The van der Waals surface area contributed by atoms with E-state index < -0.39 is 0 Å². The van der Waals surface area contributed by atoms with Crippen LogP contribution >= 0.6 is 15.9 Å². The molecule has 2 N–H and O–H groups in total. The lowest BCUT2D eigenvalue weighted by Gasteiger charge is -1.98. The fourth-order valence-corrected chi connectivity index (χ4v) is 0.982. The van der Waals surface area contributed by atoms with E-state index in [9.17, 15) is 0 Å². The van der Waals surface area contributed by atoms with E-state index in [0.717, 1.165) is 10.2 Å². The van der Waals surface area contributed by atoms with Gasteiger partial charge in [-0.1, -0.05) is 6.07 Å². The van der Waals surface area contributed by atoms with Gasteiger partial charge in [0, 0.05) is 11.8 Å². The van der Waals surface area contributed by atoms with Gasteiger partial charge in [-0.05, 0) is 22.0 Å². The third kappa shape index (κ3) is 1.76. The molecule has 1 rings (SSSR count). The average molecular weight is 203 g/mol. The second-order valence-electron chi connectivity index (χ2n) is 1.76. The van der Waals surface area contributed by atoms with Crippen molar-refractivity contribution in [3.8, 4) is 0 Å². The van der Waals surface area contributed by atoms with E-state index in [-0.39, 0.29) is 0 Å². The van der Waals surface area contributed by atoms with Crippen LogP contribution in [-0.4, -0.2) is 4.98 Å². The van der Waals surface area contributed by atoms with Crippen LogP contribution in [0.5, 0.6) is 0 Å². The monoisotopic (exact) mass is 202 g/mol. The molecule has 10 heavy (non-hydrogen) atoms. The molecule has 0 bridgehead atoms. The summed E-state index contributed by atoms with van der Waals surface area (Å²) >= 11 is 3.25. The first-order valence-corrected chi connectivity index (χ1v) is 3.55. The van der Waals surface area contributed by atoms with Gasteiger partial charge in [0.1, 0.15) is 4.60 Å². The summed E-state index contributed by atoms with van der Waals surface area (Å²) in [5.74, 6) is 4.88. The second-order valence-corrected chi connectivity index (χ2v) is 2.52. The molecule has 0 aromatic carbocycles. The van der Waals surface area contributed by atoms with Crippen molar-refractivity contribution in [1.29, 1.82) is 0 Å². The van der Waals surface area contributed by atoms with E-state index >= 15 is 0 Å². The number of pyridine rings is 1. The van der Waals surface area contributed by atoms with Crippen LogP contribution in [0.3, 0.4) is 0 Å². The SMILES string of the molecule is NOCc1cccnc1Br. The lowest BCUT2D eigenvalue weighted by Crippen LogP contribution is -1.99. The summed E-state index contributed by atoms with van der Waals surface area (Å²) in [6.45, 7) is 0.383. The largest absolute Gasteiger partial charge is 0.300 e. The molecule has 0 atom stereocenters. The lowest BCUT2D eigenvalue weighted by atomic mass is 10.3. The van der Waals surface area contributed by atoms with E-state index in [1.54, 1.807) is 6.20 Å². The quantitative estimate of drug-likeness (QED) is 0.580. The topological polar surface area (TPSA) is 48.1 Å². The Balaban J connectivity index is 2.81. The minimum Gasteiger partial charge on any atom is -0.300 e. The Kier molecular flexibility index (Phi) is 2.80. The predicted molar refractivity (Wildman–Crippen MR) is 40.9 cm³/mol. The highest BCUT2D eigenvalue weighted by Gasteiger charge is 1.96. The number of nitrogens with zero attached hydrogens (tertiary/aromatic N) is 1. The minimum atomic E-state index is 0.383. The minimum absolute atomic E-state index is 0.383. The van der Waals surface area contributed by atoms with Gasteiger partial charge in [0.05, 0.1) is 6.61 Å². The third-order valence-corrected chi connectivity index (χ3v) is 1.79. The number of halogens is 1. The summed E-state index contributed by atoms with van der Waals surface area (Å²) in [5, 5.41) is 0. The number of hydrogen-bond donors (Lipinski definition) is 1. The van der Waals surface area contributed by atoms with E-state index in [0.29, 0.717) is 6.61 Å². The Morgan fingerprint density at radius 1 is 1.70 bits per heavy atom. The van der Waals surface area contributed by atoms with Crippen molar-refractivity contribution >= 4 is 15.9 Å². The van der Waals surface area contributed by atoms with Crippen molar-refractivity contribution < 1.29 is 4.84 Å². The molecule has 0 amide bonds. The zero-order chi connectivity index (χ0) is 7.40. The fourth-order valence-electron chi connectivity index (χ4n) is 0.617. The van der Waals surface area contributed by atoms with Gasteiger partial charge in [-0.15, -0.1) is 0 Å². The molecular formula is C6H7BrN2O. The number of nitrogens with two attached hydrogens (primary N) is 1. The molecule has 0 radical (unpaired) electrons. The zero-order valence-corrected chi connectivity index (χ0v) is 6.84. The lowest BCUT2D eigenvalue weighted by molar-refractivity contribution is 0.123. The Bertz CT molecular complexity index is 217. The Labute approximate surface area is 67.3 Å². The smallest absolute Gasteiger partial charge is 0.111 e. The average Bonchev–Trinajstić information content (AvgIpc) is 1.94. The highest BCUT2D eigenvalue weighted by Crippen LogP contribution is 2.12. The molecule has 0 aliphatic carbocycles. The van der Waals surface area contributed by atoms with Crippen molar-refractivity contribution in [2.45, 2.75) is 6.61 Å². The summed E-state index contributed by atoms with van der Waals surface area (Å²) in [7, 11) is 0. The Morgan fingerprint density at radius 2 is 2.50 bits per heavy atom. The molecule has 0 fully saturated rings. The van der Waals surface area contributed by atoms with Gasteiger partial charge in [-0.25, -0.2) is 10.9 Å². The van der Waals surface area contributed by atoms with Gasteiger partial charge in [0.15, 0.2) is 0 Å². The zero-order valence-electron chi connectivity index (χ0n) is 5.25. The first-order chi connectivity index (χ1) is 4.84. The molecule has 1 aromatic heterocycles. The van der Waals surface area contributed by atoms with Gasteiger partial charge >= 0.3 is 0 Å². The van der Waals surface area contributed by atoms with Gasteiger partial charge in [-0.3, -0.25) is 4.84 Å². The second kappa shape index (κ2) is 3.65. The molecule has 54 valence electrons. The molecular weight excluding hydrogens is 196 g/mol. The highest BCUT2D eigenvalue weighted by atomic mass is 79.9. The number of aromatic nitrogens is 1. The Morgan fingerprint density at radius 3 is 3.10 bits per heavy atom. The van der Waals surface area contributed by atoms with Crippen molar-refractivity contribution in [2.24, 2.45) is 5.90 Å². The van der Waals surface area contributed by atoms with E-state index in [1.807, 2.05) is 12.1 Å². The van der Waals surface area contributed by atoms with Crippen LogP contribution in [-0.2, 0) is 11.4 Å². The first-order valence-electron chi connectivity index (χ1n) is 2.75. The fraction of sp³-hybridized carbons (Fsp3) is 0.167. The number of rotatable bonds is 2. The molecule has 0 unspecified atom stereocenters. The first kappa shape index (κ1) is 7.65. The van der Waals surface area contributed by atoms with E-state index in [1.165, 1.54) is 0 Å². The molecule has 0 aliphatic heterocycles. The molecule has 3 nitrogen and oxygen atoms in total. The van der Waals surface area contributed by atoms with Crippen molar-refractivity contribution in [3.63, 3.8) is 0 Å². The molecule has 1 heterocycles. The molecule has 4 heteroatoms. The molecule has 0 saturated carbocycles. The van der Waals surface area contributed by atoms with Gasteiger partial charge < -0.3 is 0 Å². The summed E-state index contributed by atoms with van der Waals surface area (Å²) in [6, 6.07) is 3.73. The maximum Gasteiger partial charge on any atom is 0.111 e. The molecule has 0 saturated heterocycles. The Hall–Kier alpha value is -0.450. The van der Waals surface area contributed by atoms with Gasteiger partial charge in [0.25, 0.3) is 0 Å². The predicted octanol–water partition coefficient (Wildman–Crippen LogP) is 1.23. The van der Waals surface area contributed by atoms with Crippen LogP contribution in [0.15, 0.2) is 22.9 Å². The van der Waals surface area contributed by atoms with Crippen molar-refractivity contribution in [3.05, 3.63) is 28.5 Å². The van der Waals surface area contributed by atoms with E-state index in [2.05, 4.69) is 25.8 Å². The summed E-state index contributed by atoms with van der Waals surface area (Å²) in [5.41, 5.74) is 0.949. The summed E-state index contributed by atoms with van der Waals surface area (Å²) < 4.78 is 0.778. The molecule has 0 spiro atoms. The maximum atomic E-state index is 4.88. The molecule has 1 aromatic rings. The maximum absolute atomic E-state index is 4.88. The number of hydrogen-bond acceptors (Lipinski definition) is 3. The summed E-state index contributed by atoms with van der Waals surface area (Å²) in [6.07, 6.45) is 1.70. The summed E-state index contributed by atoms with van der Waals surface area (Å²) in [4.78, 5) is 8.42. The highest BCUT2D eigenvalue weighted by molar-refractivity contribution is 9.10. The standard InChI is InChI=1S/C6H7BrN2O/c7-6-5(4-10-8)2-1-3-9-6/h1-3H,4,8H2. The van der Waals surface area contributed by atoms with Gasteiger partial charge in [0.2, 0.25) is 0 Å². The van der Waals surface area contributed by atoms with Crippen LogP contribution in [0.25, 0.3) is 0 Å². The van der Waals surface area contributed by atoms with Crippen LogP contribution in [0.1, 0.15) is 5.56 Å².